The van der Waals surface area contributed by atoms with E-state index in [4.69, 9.17) is 16.3 Å². The van der Waals surface area contributed by atoms with Crippen LogP contribution in [0.1, 0.15) is 19.0 Å². The molecule has 2 saturated heterocycles. The van der Waals surface area contributed by atoms with Crippen molar-refractivity contribution in [3.8, 4) is 0 Å². The molecular weight excluding hydrogens is 497 g/mol. The van der Waals surface area contributed by atoms with Gasteiger partial charge >= 0.3 is 0 Å². The molecule has 1 atom stereocenters. The van der Waals surface area contributed by atoms with Gasteiger partial charge in [0.1, 0.15) is 0 Å². The van der Waals surface area contributed by atoms with Crippen LogP contribution < -0.4 is 26.1 Å². The number of ether oxygens (including phenoxy) is 1. The highest BCUT2D eigenvalue weighted by Crippen LogP contribution is 2.28. The number of anilines is 5. The first-order valence-electron chi connectivity index (χ1n) is 12.2. The third-order valence-electron chi connectivity index (χ3n) is 6.10. The van der Waals surface area contributed by atoms with Crippen LogP contribution in [0.4, 0.5) is 33.2 Å². The predicted octanol–water partition coefficient (Wildman–Crippen LogP) is 4.04. The number of pyridine rings is 1. The molecule has 0 spiro atoms. The van der Waals surface area contributed by atoms with E-state index in [-0.39, 0.29) is 11.8 Å². The second kappa shape index (κ2) is 11.7. The van der Waals surface area contributed by atoms with Crippen LogP contribution in [0.5, 0.6) is 0 Å². The Kier molecular flexibility index (Phi) is 7.93. The first kappa shape index (κ1) is 25.1. The van der Waals surface area contributed by atoms with Crippen LogP contribution >= 0.6 is 11.6 Å². The van der Waals surface area contributed by atoms with Crippen molar-refractivity contribution in [2.24, 2.45) is 11.0 Å². The molecule has 2 aromatic heterocycles. The Morgan fingerprint density at radius 3 is 2.81 bits per heavy atom. The van der Waals surface area contributed by atoms with E-state index in [0.29, 0.717) is 42.9 Å². The number of rotatable bonds is 7. The summed E-state index contributed by atoms with van der Waals surface area (Å²) >= 11 is 6.39. The van der Waals surface area contributed by atoms with Crippen molar-refractivity contribution < 1.29 is 9.13 Å². The van der Waals surface area contributed by atoms with Crippen molar-refractivity contribution in [3.05, 3.63) is 59.3 Å². The number of halogens is 2. The summed E-state index contributed by atoms with van der Waals surface area (Å²) in [5.74, 6) is 0.576. The van der Waals surface area contributed by atoms with Crippen LogP contribution in [0.2, 0.25) is 5.02 Å². The summed E-state index contributed by atoms with van der Waals surface area (Å²) in [6, 6.07) is 9.63. The third-order valence-corrected chi connectivity index (χ3v) is 6.32. The van der Waals surface area contributed by atoms with Crippen LogP contribution in [0.25, 0.3) is 0 Å². The van der Waals surface area contributed by atoms with Crippen molar-refractivity contribution >= 4 is 46.6 Å². The van der Waals surface area contributed by atoms with E-state index in [0.717, 1.165) is 42.8 Å². The van der Waals surface area contributed by atoms with Gasteiger partial charge in [0.2, 0.25) is 5.95 Å². The highest BCUT2D eigenvalue weighted by Gasteiger charge is 2.18. The molecule has 37 heavy (non-hydrogen) atoms. The lowest BCUT2D eigenvalue weighted by Crippen LogP contribution is -2.46. The SMILES string of the molecule is CC1CCNN(c2cc(Cl)cc(Nc3ccc(/C=N/Nc4ncc(F)c(N5CCOCC5)n4)nc3)c2)C1. The summed E-state index contributed by atoms with van der Waals surface area (Å²) in [5, 5.41) is 10.3. The first-order valence-corrected chi connectivity index (χ1v) is 12.6. The molecule has 3 aromatic rings. The Hall–Kier alpha value is -3.54. The number of hydrogen-bond donors (Lipinski definition) is 3. The van der Waals surface area contributed by atoms with Crippen LogP contribution in [-0.2, 0) is 4.74 Å². The van der Waals surface area contributed by atoms with Gasteiger partial charge in [-0.1, -0.05) is 18.5 Å². The summed E-state index contributed by atoms with van der Waals surface area (Å²) < 4.78 is 19.5. The van der Waals surface area contributed by atoms with Crippen LogP contribution in [0.3, 0.4) is 0 Å². The molecule has 3 N–H and O–H groups in total. The monoisotopic (exact) mass is 525 g/mol. The minimum atomic E-state index is -0.477. The molecule has 4 heterocycles. The smallest absolute Gasteiger partial charge is 0.245 e. The molecule has 1 aromatic carbocycles. The fraction of sp³-hybridized carbons (Fsp3) is 0.360. The average Bonchev–Trinajstić information content (AvgIpc) is 2.91. The highest BCUT2D eigenvalue weighted by molar-refractivity contribution is 6.31. The molecule has 12 heteroatoms. The standard InChI is InChI=1S/C25H29ClFN9O/c1-17-4-5-31-36(16-17)22-11-18(26)10-21(12-22)32-20-3-2-19(28-13-20)14-30-34-25-29-15-23(27)24(33-25)35-6-8-37-9-7-35/h2-3,10-15,17,31-32H,4-9,16H2,1H3,(H,29,33,34)/b30-14+. The van der Waals surface area contributed by atoms with E-state index in [1.807, 2.05) is 29.2 Å². The lowest BCUT2D eigenvalue weighted by atomic mass is 10.1. The van der Waals surface area contributed by atoms with E-state index in [2.05, 4.69) is 54.2 Å². The zero-order chi connectivity index (χ0) is 25.6. The Labute approximate surface area is 219 Å². The fourth-order valence-corrected chi connectivity index (χ4v) is 4.43. The van der Waals surface area contributed by atoms with Crippen molar-refractivity contribution in [1.82, 2.24) is 20.4 Å². The van der Waals surface area contributed by atoms with E-state index in [1.54, 1.807) is 12.4 Å². The molecule has 2 aliphatic rings. The topological polar surface area (TPSA) is 103 Å². The summed E-state index contributed by atoms with van der Waals surface area (Å²) in [5.41, 5.74) is 9.50. The van der Waals surface area contributed by atoms with Gasteiger partial charge in [0.05, 0.1) is 48.9 Å². The number of hydrazine groups is 1. The maximum absolute atomic E-state index is 14.2. The molecule has 2 fully saturated rings. The maximum atomic E-state index is 14.2. The molecule has 5 rings (SSSR count). The molecule has 0 amide bonds. The average molecular weight is 526 g/mol. The number of benzene rings is 1. The summed E-state index contributed by atoms with van der Waals surface area (Å²) in [7, 11) is 0. The van der Waals surface area contributed by atoms with Gasteiger partial charge in [-0.05, 0) is 42.7 Å². The van der Waals surface area contributed by atoms with Crippen LogP contribution in [-0.4, -0.2) is 60.6 Å². The normalized spacial score (nSPS) is 18.3. The van der Waals surface area contributed by atoms with Crippen molar-refractivity contribution in [2.45, 2.75) is 13.3 Å². The first-order chi connectivity index (χ1) is 18.0. The van der Waals surface area contributed by atoms with E-state index in [1.165, 1.54) is 0 Å². The Bertz CT molecular complexity index is 1240. The number of nitrogens with zero attached hydrogens (tertiary/aromatic N) is 6. The van der Waals surface area contributed by atoms with Gasteiger partial charge in [-0.3, -0.25) is 4.98 Å². The second-order valence-electron chi connectivity index (χ2n) is 9.04. The number of hydrogen-bond acceptors (Lipinski definition) is 10. The molecule has 0 aliphatic carbocycles. The fourth-order valence-electron chi connectivity index (χ4n) is 4.20. The lowest BCUT2D eigenvalue weighted by molar-refractivity contribution is 0.122. The highest BCUT2D eigenvalue weighted by atomic mass is 35.5. The van der Waals surface area contributed by atoms with Gasteiger partial charge in [-0.2, -0.15) is 10.1 Å². The molecule has 10 nitrogen and oxygen atoms in total. The minimum absolute atomic E-state index is 0.201. The van der Waals surface area contributed by atoms with Gasteiger partial charge in [0.15, 0.2) is 11.6 Å². The Morgan fingerprint density at radius 1 is 1.16 bits per heavy atom. The van der Waals surface area contributed by atoms with Crippen LogP contribution in [0.15, 0.2) is 47.8 Å². The predicted molar refractivity (Wildman–Crippen MR) is 144 cm³/mol. The van der Waals surface area contributed by atoms with Gasteiger partial charge in [-0.25, -0.2) is 20.2 Å². The van der Waals surface area contributed by atoms with Gasteiger partial charge < -0.3 is 20.0 Å². The molecule has 0 saturated carbocycles. The van der Waals surface area contributed by atoms with Crippen molar-refractivity contribution in [2.75, 3.05) is 60.0 Å². The van der Waals surface area contributed by atoms with Gasteiger partial charge in [0, 0.05) is 36.9 Å². The second-order valence-corrected chi connectivity index (χ2v) is 9.48. The van der Waals surface area contributed by atoms with Gasteiger partial charge in [0.25, 0.3) is 0 Å². The summed E-state index contributed by atoms with van der Waals surface area (Å²) in [6.07, 6.45) is 5.56. The molecule has 194 valence electrons. The van der Waals surface area contributed by atoms with E-state index in [9.17, 15) is 4.39 Å². The number of aromatic nitrogens is 3. The van der Waals surface area contributed by atoms with Gasteiger partial charge in [-0.15, -0.1) is 0 Å². The summed E-state index contributed by atoms with van der Waals surface area (Å²) in [6.45, 7) is 6.35. The van der Waals surface area contributed by atoms with Crippen molar-refractivity contribution in [1.29, 1.82) is 0 Å². The number of morpholine rings is 1. The minimum Gasteiger partial charge on any atom is -0.378 e. The van der Waals surface area contributed by atoms with E-state index < -0.39 is 5.82 Å². The number of hydrazone groups is 1. The van der Waals surface area contributed by atoms with Crippen LogP contribution in [0, 0.1) is 11.7 Å². The molecule has 0 radical (unpaired) electrons. The summed E-state index contributed by atoms with van der Waals surface area (Å²) in [4.78, 5) is 14.5. The maximum Gasteiger partial charge on any atom is 0.245 e. The molecule has 1 unspecified atom stereocenters. The zero-order valence-electron chi connectivity index (χ0n) is 20.5. The quantitative estimate of drug-likeness (QED) is 0.311. The Morgan fingerprint density at radius 2 is 2.03 bits per heavy atom. The molecular formula is C25H29ClFN9O. The zero-order valence-corrected chi connectivity index (χ0v) is 21.2. The lowest BCUT2D eigenvalue weighted by Gasteiger charge is -2.33. The Balaban J connectivity index is 1.20. The molecule has 2 aliphatic heterocycles. The molecule has 0 bridgehead atoms. The van der Waals surface area contributed by atoms with Crippen molar-refractivity contribution in [3.63, 3.8) is 0 Å². The number of nitrogens with one attached hydrogen (secondary N) is 3. The van der Waals surface area contributed by atoms with E-state index >= 15 is 0 Å². The largest absolute Gasteiger partial charge is 0.378 e. The third kappa shape index (κ3) is 6.62.